The normalized spacial score (nSPS) is 16.3. The van der Waals surface area contributed by atoms with Crippen molar-refractivity contribution in [3.63, 3.8) is 0 Å². The van der Waals surface area contributed by atoms with Crippen LogP contribution in [0.3, 0.4) is 0 Å². The van der Waals surface area contributed by atoms with Crippen molar-refractivity contribution >= 4 is 39.1 Å². The standard InChI is InChI=1S/C20H19ClN2O4S/c1-11-2-7-15-14(8-11)17-18(26)22(10-16(24)25)20(27)23(19(17)28-15)9-12-3-5-13(21)6-4-12/h3-6,11H,2,7-10H2,1H3,(H,24,25)/t11-/m1/s1. The Hall–Kier alpha value is -2.38. The van der Waals surface area contributed by atoms with E-state index >= 15 is 0 Å². The molecule has 0 spiro atoms. The van der Waals surface area contributed by atoms with E-state index in [2.05, 4.69) is 6.92 Å². The van der Waals surface area contributed by atoms with Crippen LogP contribution in [0.15, 0.2) is 33.9 Å². The lowest BCUT2D eigenvalue weighted by Gasteiger charge is -2.18. The van der Waals surface area contributed by atoms with Crippen LogP contribution in [0.25, 0.3) is 10.2 Å². The van der Waals surface area contributed by atoms with Gasteiger partial charge in [-0.05, 0) is 48.4 Å². The van der Waals surface area contributed by atoms with Gasteiger partial charge < -0.3 is 5.11 Å². The maximum Gasteiger partial charge on any atom is 0.332 e. The van der Waals surface area contributed by atoms with Crippen molar-refractivity contribution in [2.75, 3.05) is 0 Å². The van der Waals surface area contributed by atoms with Crippen LogP contribution in [0.1, 0.15) is 29.3 Å². The number of thiophene rings is 1. The molecule has 0 saturated carbocycles. The molecule has 1 aliphatic carbocycles. The smallest absolute Gasteiger partial charge is 0.332 e. The Balaban J connectivity index is 1.99. The molecule has 146 valence electrons. The second-order valence-corrected chi connectivity index (χ2v) is 8.83. The van der Waals surface area contributed by atoms with Crippen LogP contribution in [0.2, 0.25) is 5.02 Å². The lowest BCUT2D eigenvalue weighted by Crippen LogP contribution is -2.41. The summed E-state index contributed by atoms with van der Waals surface area (Å²) in [6.07, 6.45) is 2.70. The summed E-state index contributed by atoms with van der Waals surface area (Å²) in [5.41, 5.74) is 0.740. The van der Waals surface area contributed by atoms with E-state index < -0.39 is 23.8 Å². The first-order valence-electron chi connectivity index (χ1n) is 9.09. The molecule has 0 radical (unpaired) electrons. The van der Waals surface area contributed by atoms with Gasteiger partial charge in [-0.15, -0.1) is 11.3 Å². The predicted octanol–water partition coefficient (Wildman–Crippen LogP) is 3.14. The van der Waals surface area contributed by atoms with Gasteiger partial charge in [-0.25, -0.2) is 9.36 Å². The fourth-order valence-electron chi connectivity index (χ4n) is 3.80. The molecule has 1 N–H and O–H groups in total. The van der Waals surface area contributed by atoms with E-state index in [9.17, 15) is 19.5 Å². The van der Waals surface area contributed by atoms with Crippen LogP contribution in [0.5, 0.6) is 0 Å². The van der Waals surface area contributed by atoms with E-state index in [0.717, 1.165) is 39.8 Å². The van der Waals surface area contributed by atoms with Crippen LogP contribution in [-0.4, -0.2) is 20.2 Å². The summed E-state index contributed by atoms with van der Waals surface area (Å²) in [6.45, 7) is 1.75. The third-order valence-electron chi connectivity index (χ3n) is 5.20. The second kappa shape index (κ2) is 7.22. The molecule has 0 unspecified atom stereocenters. The number of aromatic nitrogens is 2. The first-order valence-corrected chi connectivity index (χ1v) is 10.3. The van der Waals surface area contributed by atoms with Gasteiger partial charge in [0.25, 0.3) is 5.56 Å². The van der Waals surface area contributed by atoms with Crippen molar-refractivity contribution in [2.24, 2.45) is 5.92 Å². The highest BCUT2D eigenvalue weighted by Crippen LogP contribution is 2.36. The van der Waals surface area contributed by atoms with Gasteiger partial charge in [-0.3, -0.25) is 14.2 Å². The van der Waals surface area contributed by atoms with Gasteiger partial charge in [-0.1, -0.05) is 30.7 Å². The average molecular weight is 419 g/mol. The Labute approximate surface area is 169 Å². The molecule has 2 heterocycles. The Morgan fingerprint density at radius 2 is 1.96 bits per heavy atom. The molecule has 6 nitrogen and oxygen atoms in total. The van der Waals surface area contributed by atoms with E-state index in [1.54, 1.807) is 12.1 Å². The Bertz CT molecular complexity index is 1190. The zero-order chi connectivity index (χ0) is 20.0. The van der Waals surface area contributed by atoms with Gasteiger partial charge in [0.2, 0.25) is 0 Å². The van der Waals surface area contributed by atoms with E-state index in [1.165, 1.54) is 15.9 Å². The van der Waals surface area contributed by atoms with Gasteiger partial charge in [0, 0.05) is 9.90 Å². The molecule has 4 rings (SSSR count). The number of rotatable bonds is 4. The summed E-state index contributed by atoms with van der Waals surface area (Å²) in [6, 6.07) is 7.13. The number of carboxylic acids is 1. The van der Waals surface area contributed by atoms with Crippen LogP contribution in [0.4, 0.5) is 0 Å². The number of aliphatic carboxylic acids is 1. The summed E-state index contributed by atoms with van der Waals surface area (Å²) in [7, 11) is 0. The first-order chi connectivity index (χ1) is 13.3. The quantitative estimate of drug-likeness (QED) is 0.705. The van der Waals surface area contributed by atoms with Crippen LogP contribution < -0.4 is 11.2 Å². The monoisotopic (exact) mass is 418 g/mol. The fourth-order valence-corrected chi connectivity index (χ4v) is 5.25. The first kappa shape index (κ1) is 19.0. The van der Waals surface area contributed by atoms with Gasteiger partial charge in [0.1, 0.15) is 11.4 Å². The summed E-state index contributed by atoms with van der Waals surface area (Å²) >= 11 is 7.43. The molecule has 0 bridgehead atoms. The number of carbonyl (C=O) groups is 1. The van der Waals surface area contributed by atoms with Gasteiger partial charge >= 0.3 is 11.7 Å². The molecule has 1 atom stereocenters. The highest BCUT2D eigenvalue weighted by atomic mass is 35.5. The van der Waals surface area contributed by atoms with Gasteiger partial charge in [0.15, 0.2) is 0 Å². The van der Waals surface area contributed by atoms with Crippen LogP contribution >= 0.6 is 22.9 Å². The van der Waals surface area contributed by atoms with E-state index in [1.807, 2.05) is 12.1 Å². The summed E-state index contributed by atoms with van der Waals surface area (Å²) in [5, 5.41) is 10.3. The molecule has 0 fully saturated rings. The highest BCUT2D eigenvalue weighted by molar-refractivity contribution is 7.18. The van der Waals surface area contributed by atoms with E-state index in [4.69, 9.17) is 11.6 Å². The zero-order valence-corrected chi connectivity index (χ0v) is 16.8. The van der Waals surface area contributed by atoms with Crippen molar-refractivity contribution in [1.82, 2.24) is 9.13 Å². The maximum absolute atomic E-state index is 13.0. The minimum Gasteiger partial charge on any atom is -0.480 e. The number of benzene rings is 1. The van der Waals surface area contributed by atoms with Crippen molar-refractivity contribution in [3.05, 3.63) is 66.1 Å². The Kier molecular flexibility index (Phi) is 4.89. The largest absolute Gasteiger partial charge is 0.480 e. The summed E-state index contributed by atoms with van der Waals surface area (Å²) in [5.74, 6) is -0.761. The SMILES string of the molecule is C[C@@H]1CCc2sc3c(c2C1)c(=O)n(CC(=O)O)c(=O)n3Cc1ccc(Cl)cc1. The fraction of sp³-hybridized carbons (Fsp3) is 0.350. The van der Waals surface area contributed by atoms with Gasteiger partial charge in [-0.2, -0.15) is 0 Å². The molecule has 0 saturated heterocycles. The molecule has 28 heavy (non-hydrogen) atoms. The molecule has 2 aromatic heterocycles. The van der Waals surface area contributed by atoms with Crippen LogP contribution in [0, 0.1) is 5.92 Å². The minimum atomic E-state index is -1.21. The molecule has 1 aliphatic rings. The maximum atomic E-state index is 13.0. The third kappa shape index (κ3) is 3.29. The topological polar surface area (TPSA) is 81.3 Å². The molecular formula is C20H19ClN2O4S. The second-order valence-electron chi connectivity index (χ2n) is 7.31. The van der Waals surface area contributed by atoms with Crippen molar-refractivity contribution in [3.8, 4) is 0 Å². The highest BCUT2D eigenvalue weighted by Gasteiger charge is 2.26. The van der Waals surface area contributed by atoms with E-state index in [0.29, 0.717) is 21.2 Å². The molecule has 1 aromatic carbocycles. The van der Waals surface area contributed by atoms with Crippen molar-refractivity contribution in [2.45, 2.75) is 39.3 Å². The molecule has 0 amide bonds. The van der Waals surface area contributed by atoms with E-state index in [-0.39, 0.29) is 6.54 Å². The number of aryl methyl sites for hydroxylation is 1. The van der Waals surface area contributed by atoms with Crippen molar-refractivity contribution < 1.29 is 9.90 Å². The molecular weight excluding hydrogens is 400 g/mol. The Morgan fingerprint density at radius 3 is 2.64 bits per heavy atom. The average Bonchev–Trinajstić information content (AvgIpc) is 3.02. The lowest BCUT2D eigenvalue weighted by molar-refractivity contribution is -0.137. The Morgan fingerprint density at radius 1 is 1.25 bits per heavy atom. The summed E-state index contributed by atoms with van der Waals surface area (Å²) in [4.78, 5) is 39.1. The van der Waals surface area contributed by atoms with Crippen molar-refractivity contribution in [1.29, 1.82) is 0 Å². The van der Waals surface area contributed by atoms with Crippen LogP contribution in [-0.2, 0) is 30.7 Å². The number of nitrogens with zero attached hydrogens (tertiary/aromatic N) is 2. The third-order valence-corrected chi connectivity index (χ3v) is 6.77. The lowest BCUT2D eigenvalue weighted by atomic mass is 9.89. The molecule has 0 aliphatic heterocycles. The zero-order valence-electron chi connectivity index (χ0n) is 15.3. The number of hydrogen-bond acceptors (Lipinski definition) is 4. The molecule has 8 heteroatoms. The minimum absolute atomic E-state index is 0.251. The van der Waals surface area contributed by atoms with Gasteiger partial charge in [0.05, 0.1) is 11.9 Å². The summed E-state index contributed by atoms with van der Waals surface area (Å²) < 4.78 is 2.36. The number of fused-ring (bicyclic) bond motifs is 3. The number of halogens is 1. The number of carboxylic acid groups (broad SMARTS) is 1. The predicted molar refractivity (Wildman–Crippen MR) is 110 cm³/mol. The number of hydrogen-bond donors (Lipinski definition) is 1. The molecule has 3 aromatic rings.